The molecule has 0 saturated carbocycles. The molecule has 0 bridgehead atoms. The summed E-state index contributed by atoms with van der Waals surface area (Å²) in [5.41, 5.74) is 2.94. The van der Waals surface area contributed by atoms with E-state index in [0.29, 0.717) is 0 Å². The van der Waals surface area contributed by atoms with Crippen molar-refractivity contribution in [3.8, 4) is 11.5 Å². The van der Waals surface area contributed by atoms with E-state index in [9.17, 15) is 0 Å². The predicted octanol–water partition coefficient (Wildman–Crippen LogP) is 5.01. The Hall–Kier alpha value is -1.74. The predicted molar refractivity (Wildman–Crippen MR) is 98.7 cm³/mol. The first-order valence-electron chi connectivity index (χ1n) is 8.02. The van der Waals surface area contributed by atoms with Gasteiger partial charge in [-0.05, 0) is 46.2 Å². The van der Waals surface area contributed by atoms with E-state index in [4.69, 9.17) is 8.85 Å². The Morgan fingerprint density at radius 2 is 0.870 bits per heavy atom. The van der Waals surface area contributed by atoms with Crippen LogP contribution in [0.3, 0.4) is 0 Å². The molecule has 2 rings (SSSR count). The summed E-state index contributed by atoms with van der Waals surface area (Å²) in [5.74, 6) is 1.72. The summed E-state index contributed by atoms with van der Waals surface area (Å²) in [5, 5.41) is 0. The van der Waals surface area contributed by atoms with Crippen LogP contribution in [-0.2, 0) is 10.8 Å². The molecule has 1 radical (unpaired) electrons. The van der Waals surface area contributed by atoms with Crippen LogP contribution in [0.5, 0.6) is 11.5 Å². The summed E-state index contributed by atoms with van der Waals surface area (Å²) >= 11 is 0. The average Bonchev–Trinajstić information content (AvgIpc) is 2.46. The lowest BCUT2D eigenvalue weighted by Crippen LogP contribution is -2.13. The minimum atomic E-state index is -0.562. The van der Waals surface area contributed by atoms with Crippen LogP contribution in [0, 0.1) is 0 Å². The molecule has 2 aromatic rings. The quantitative estimate of drug-likeness (QED) is 0.735. The fourth-order valence-corrected chi connectivity index (χ4v) is 2.79. The highest BCUT2D eigenvalue weighted by Gasteiger charge is 2.14. The zero-order valence-electron chi connectivity index (χ0n) is 15.0. The molecule has 123 valence electrons. The standard InChI is InChI=1S/C20H27O2Si/c1-19(2,3)15-7-11-17(12-8-15)21-23-22-18-13-9-16(10-14-18)20(4,5)6/h7-14,23H,1-6H3. The average molecular weight is 328 g/mol. The van der Waals surface area contributed by atoms with Crippen molar-refractivity contribution in [1.29, 1.82) is 0 Å². The Morgan fingerprint density at radius 1 is 0.565 bits per heavy atom. The van der Waals surface area contributed by atoms with Crippen molar-refractivity contribution in [2.75, 3.05) is 0 Å². The van der Waals surface area contributed by atoms with Gasteiger partial charge in [0.2, 0.25) is 0 Å². The molecule has 0 aromatic heterocycles. The lowest BCUT2D eigenvalue weighted by atomic mass is 9.87. The van der Waals surface area contributed by atoms with Crippen LogP contribution >= 0.6 is 0 Å². The Labute approximate surface area is 142 Å². The smallest absolute Gasteiger partial charge is 0.512 e. The van der Waals surface area contributed by atoms with Crippen molar-refractivity contribution in [1.82, 2.24) is 0 Å². The van der Waals surface area contributed by atoms with Crippen LogP contribution in [0.25, 0.3) is 0 Å². The zero-order chi connectivity index (χ0) is 17.1. The van der Waals surface area contributed by atoms with Gasteiger partial charge in [-0.15, -0.1) is 0 Å². The molecule has 0 N–H and O–H groups in total. The summed E-state index contributed by atoms with van der Waals surface area (Å²) in [6.45, 7) is 13.2. The van der Waals surface area contributed by atoms with Crippen LogP contribution < -0.4 is 8.85 Å². The van der Waals surface area contributed by atoms with Gasteiger partial charge in [0.05, 0.1) is 0 Å². The molecule has 0 unspecified atom stereocenters. The highest BCUT2D eigenvalue weighted by atomic mass is 28.3. The van der Waals surface area contributed by atoms with Crippen molar-refractivity contribution < 1.29 is 8.85 Å². The summed E-state index contributed by atoms with van der Waals surface area (Å²) in [7, 11) is -0.562. The Morgan fingerprint density at radius 3 is 1.13 bits per heavy atom. The van der Waals surface area contributed by atoms with Crippen molar-refractivity contribution in [2.45, 2.75) is 52.4 Å². The minimum absolute atomic E-state index is 0.163. The van der Waals surface area contributed by atoms with Gasteiger partial charge in [0.1, 0.15) is 11.5 Å². The fraction of sp³-hybridized carbons (Fsp3) is 0.400. The van der Waals surface area contributed by atoms with Gasteiger partial charge in [-0.1, -0.05) is 65.8 Å². The van der Waals surface area contributed by atoms with E-state index in [-0.39, 0.29) is 10.8 Å². The third kappa shape index (κ3) is 5.14. The van der Waals surface area contributed by atoms with Gasteiger partial charge in [0.15, 0.2) is 0 Å². The SMILES string of the molecule is CC(C)(C)c1ccc(O[SiH]Oc2ccc(C(C)(C)C)cc2)cc1. The Bertz CT molecular complexity index is 559. The molecule has 0 saturated heterocycles. The number of rotatable bonds is 4. The molecule has 3 heteroatoms. The van der Waals surface area contributed by atoms with Crippen molar-refractivity contribution in [3.05, 3.63) is 59.7 Å². The van der Waals surface area contributed by atoms with Crippen molar-refractivity contribution in [2.24, 2.45) is 0 Å². The second kappa shape index (κ2) is 6.79. The van der Waals surface area contributed by atoms with Gasteiger partial charge in [-0.25, -0.2) is 0 Å². The molecule has 2 aromatic carbocycles. The molecule has 2 nitrogen and oxygen atoms in total. The molecule has 0 atom stereocenters. The number of hydrogen-bond acceptors (Lipinski definition) is 2. The van der Waals surface area contributed by atoms with Gasteiger partial charge >= 0.3 is 10.0 Å². The summed E-state index contributed by atoms with van der Waals surface area (Å²) in [4.78, 5) is 0. The van der Waals surface area contributed by atoms with Gasteiger partial charge in [0.25, 0.3) is 0 Å². The summed E-state index contributed by atoms with van der Waals surface area (Å²) in [6.07, 6.45) is 0. The lowest BCUT2D eigenvalue weighted by molar-refractivity contribution is 0.458. The Balaban J connectivity index is 1.87. The lowest BCUT2D eigenvalue weighted by Gasteiger charge is -2.19. The number of hydrogen-bond donors (Lipinski definition) is 0. The first kappa shape index (κ1) is 17.6. The third-order valence-electron chi connectivity index (χ3n) is 3.81. The van der Waals surface area contributed by atoms with E-state index in [0.717, 1.165) is 11.5 Å². The highest BCUT2D eigenvalue weighted by Crippen LogP contribution is 2.25. The van der Waals surface area contributed by atoms with Crippen LogP contribution in [0.1, 0.15) is 52.7 Å². The molecule has 0 aliphatic heterocycles. The van der Waals surface area contributed by atoms with Gasteiger partial charge in [-0.3, -0.25) is 0 Å². The molecular formula is C20H27O2Si. The maximum Gasteiger partial charge on any atom is 0.512 e. The normalized spacial score (nSPS) is 12.1. The van der Waals surface area contributed by atoms with Gasteiger partial charge in [0, 0.05) is 0 Å². The maximum atomic E-state index is 5.74. The van der Waals surface area contributed by atoms with Gasteiger partial charge < -0.3 is 8.85 Å². The molecular weight excluding hydrogens is 300 g/mol. The minimum Gasteiger partial charge on any atom is -0.512 e. The largest absolute Gasteiger partial charge is 0.512 e. The first-order chi connectivity index (χ1) is 10.7. The topological polar surface area (TPSA) is 18.5 Å². The summed E-state index contributed by atoms with van der Waals surface area (Å²) < 4.78 is 11.5. The molecule has 23 heavy (non-hydrogen) atoms. The van der Waals surface area contributed by atoms with E-state index < -0.39 is 10.0 Å². The molecule has 0 aliphatic carbocycles. The van der Waals surface area contributed by atoms with Crippen LogP contribution in [0.15, 0.2) is 48.5 Å². The van der Waals surface area contributed by atoms with E-state index in [1.165, 1.54) is 11.1 Å². The Kier molecular flexibility index (Phi) is 5.20. The zero-order valence-corrected chi connectivity index (χ0v) is 16.2. The molecule has 0 heterocycles. The van der Waals surface area contributed by atoms with Crippen molar-refractivity contribution in [3.63, 3.8) is 0 Å². The first-order valence-corrected chi connectivity index (χ1v) is 8.97. The van der Waals surface area contributed by atoms with Crippen molar-refractivity contribution >= 4 is 10.0 Å². The molecule has 0 aliphatic rings. The molecule has 0 amide bonds. The van der Waals surface area contributed by atoms with Crippen LogP contribution in [0.2, 0.25) is 0 Å². The van der Waals surface area contributed by atoms with E-state index in [1.54, 1.807) is 0 Å². The second-order valence-corrected chi connectivity index (χ2v) is 8.54. The van der Waals surface area contributed by atoms with Crippen LogP contribution in [-0.4, -0.2) is 10.0 Å². The van der Waals surface area contributed by atoms with E-state index in [1.807, 2.05) is 24.3 Å². The third-order valence-corrected chi connectivity index (χ3v) is 4.55. The summed E-state index contributed by atoms with van der Waals surface area (Å²) in [6, 6.07) is 16.5. The van der Waals surface area contributed by atoms with Gasteiger partial charge in [-0.2, -0.15) is 0 Å². The fourth-order valence-electron chi connectivity index (χ4n) is 2.20. The monoisotopic (exact) mass is 327 g/mol. The second-order valence-electron chi connectivity index (χ2n) is 7.88. The number of benzene rings is 2. The highest BCUT2D eigenvalue weighted by molar-refractivity contribution is 6.20. The maximum absolute atomic E-state index is 5.74. The van der Waals surface area contributed by atoms with E-state index >= 15 is 0 Å². The molecule has 0 spiro atoms. The molecule has 0 fully saturated rings. The van der Waals surface area contributed by atoms with E-state index in [2.05, 4.69) is 65.8 Å². The van der Waals surface area contributed by atoms with Crippen LogP contribution in [0.4, 0.5) is 0 Å².